The second-order valence-corrected chi connectivity index (χ2v) is 7.01. The molecule has 4 rings (SSSR count). The normalized spacial score (nSPS) is 10.5. The molecule has 5 nitrogen and oxygen atoms in total. The van der Waals surface area contributed by atoms with Gasteiger partial charge < -0.3 is 19.9 Å². The molecule has 0 bridgehead atoms. The highest BCUT2D eigenvalue weighted by molar-refractivity contribution is 5.77. The third-order valence-electron chi connectivity index (χ3n) is 4.80. The van der Waals surface area contributed by atoms with E-state index in [0.717, 1.165) is 22.3 Å². The second kappa shape index (κ2) is 9.67. The smallest absolute Gasteiger partial charge is 0.225 e. The summed E-state index contributed by atoms with van der Waals surface area (Å²) in [7, 11) is 1.63. The van der Waals surface area contributed by atoms with Gasteiger partial charge in [-0.3, -0.25) is 0 Å². The maximum Gasteiger partial charge on any atom is 0.225 e. The van der Waals surface area contributed by atoms with Crippen LogP contribution in [0.3, 0.4) is 0 Å². The number of methoxy groups -OCH3 is 1. The maximum atomic E-state index is 6.12. The van der Waals surface area contributed by atoms with Crippen LogP contribution < -0.4 is 19.9 Å². The fraction of sp³-hybridized carbons (Fsp3) is 0.115. The number of pyridine rings is 1. The van der Waals surface area contributed by atoms with E-state index in [1.165, 1.54) is 0 Å². The standard InChI is InChI=1S/C26H24N2O3/c1-29-24-14-12-21(27)16-23(24)22-13-15-25(30-17-19-8-4-2-5-9-19)28-26(22)31-18-20-10-6-3-7-11-20/h2-16H,17-18,27H2,1H3. The lowest BCUT2D eigenvalue weighted by Gasteiger charge is -2.15. The first-order valence-corrected chi connectivity index (χ1v) is 10.0. The Morgan fingerprint density at radius 2 is 1.35 bits per heavy atom. The highest BCUT2D eigenvalue weighted by Gasteiger charge is 2.15. The largest absolute Gasteiger partial charge is 0.496 e. The molecule has 4 aromatic rings. The van der Waals surface area contributed by atoms with E-state index in [9.17, 15) is 0 Å². The topological polar surface area (TPSA) is 66.6 Å². The Labute approximate surface area is 182 Å². The molecule has 0 saturated carbocycles. The molecule has 2 N–H and O–H groups in total. The van der Waals surface area contributed by atoms with Crippen molar-refractivity contribution >= 4 is 5.69 Å². The van der Waals surface area contributed by atoms with E-state index in [-0.39, 0.29) is 0 Å². The number of hydrogen-bond acceptors (Lipinski definition) is 5. The van der Waals surface area contributed by atoms with Gasteiger partial charge in [-0.15, -0.1) is 0 Å². The van der Waals surface area contributed by atoms with Gasteiger partial charge in [-0.2, -0.15) is 4.98 Å². The van der Waals surface area contributed by atoms with Gasteiger partial charge in [0, 0.05) is 22.9 Å². The van der Waals surface area contributed by atoms with Crippen LogP contribution >= 0.6 is 0 Å². The summed E-state index contributed by atoms with van der Waals surface area (Å²) in [4.78, 5) is 4.64. The van der Waals surface area contributed by atoms with Crippen LogP contribution in [0.15, 0.2) is 91.0 Å². The third-order valence-corrected chi connectivity index (χ3v) is 4.80. The van der Waals surface area contributed by atoms with Gasteiger partial charge in [0.25, 0.3) is 0 Å². The summed E-state index contributed by atoms with van der Waals surface area (Å²) >= 11 is 0. The van der Waals surface area contributed by atoms with Crippen LogP contribution in [-0.4, -0.2) is 12.1 Å². The number of nitrogens with zero attached hydrogens (tertiary/aromatic N) is 1. The number of ether oxygens (including phenoxy) is 3. The van der Waals surface area contributed by atoms with Gasteiger partial charge in [-0.05, 0) is 35.4 Å². The summed E-state index contributed by atoms with van der Waals surface area (Å²) in [6.45, 7) is 0.806. The Kier molecular flexibility index (Phi) is 6.33. The van der Waals surface area contributed by atoms with E-state index in [0.29, 0.717) is 36.4 Å². The van der Waals surface area contributed by atoms with Gasteiger partial charge in [0.05, 0.1) is 7.11 Å². The number of anilines is 1. The Morgan fingerprint density at radius 1 is 0.710 bits per heavy atom. The molecule has 0 saturated heterocycles. The van der Waals surface area contributed by atoms with Crippen LogP contribution in [0.2, 0.25) is 0 Å². The van der Waals surface area contributed by atoms with Crippen molar-refractivity contribution in [3.63, 3.8) is 0 Å². The van der Waals surface area contributed by atoms with Crippen molar-refractivity contribution < 1.29 is 14.2 Å². The minimum atomic E-state index is 0.383. The molecule has 0 aliphatic carbocycles. The molecule has 0 aliphatic rings. The molecule has 0 unspecified atom stereocenters. The SMILES string of the molecule is COc1ccc(N)cc1-c1ccc(OCc2ccccc2)nc1OCc1ccccc1. The van der Waals surface area contributed by atoms with Gasteiger partial charge >= 0.3 is 0 Å². The van der Waals surface area contributed by atoms with Crippen molar-refractivity contribution in [2.24, 2.45) is 0 Å². The van der Waals surface area contributed by atoms with Gasteiger partial charge in [-0.25, -0.2) is 0 Å². The highest BCUT2D eigenvalue weighted by Crippen LogP contribution is 2.38. The molecule has 0 atom stereocenters. The summed E-state index contributed by atoms with van der Waals surface area (Å²) in [5.74, 6) is 1.63. The predicted octanol–water partition coefficient (Wildman–Crippen LogP) is 5.50. The van der Waals surface area contributed by atoms with Crippen molar-refractivity contribution in [2.75, 3.05) is 12.8 Å². The highest BCUT2D eigenvalue weighted by atomic mass is 16.5. The van der Waals surface area contributed by atoms with Gasteiger partial charge in [0.15, 0.2) is 0 Å². The van der Waals surface area contributed by atoms with E-state index < -0.39 is 0 Å². The number of rotatable bonds is 8. The Morgan fingerprint density at radius 3 is 2.00 bits per heavy atom. The van der Waals surface area contributed by atoms with Crippen LogP contribution in [0.4, 0.5) is 5.69 Å². The Hall–Kier alpha value is -3.99. The molecule has 31 heavy (non-hydrogen) atoms. The van der Waals surface area contributed by atoms with Gasteiger partial charge in [0.1, 0.15) is 19.0 Å². The molecule has 1 heterocycles. The molecular weight excluding hydrogens is 388 g/mol. The summed E-state index contributed by atoms with van der Waals surface area (Å²) < 4.78 is 17.6. The molecule has 0 radical (unpaired) electrons. The number of aromatic nitrogens is 1. The van der Waals surface area contributed by atoms with Crippen LogP contribution in [0.1, 0.15) is 11.1 Å². The molecule has 0 spiro atoms. The molecule has 156 valence electrons. The number of nitrogen functional groups attached to an aromatic ring is 1. The monoisotopic (exact) mass is 412 g/mol. The zero-order valence-corrected chi connectivity index (χ0v) is 17.3. The lowest BCUT2D eigenvalue weighted by atomic mass is 10.0. The quantitative estimate of drug-likeness (QED) is 0.387. The molecule has 3 aromatic carbocycles. The van der Waals surface area contributed by atoms with Crippen LogP contribution in [0, 0.1) is 0 Å². The second-order valence-electron chi connectivity index (χ2n) is 7.01. The summed E-state index contributed by atoms with van der Waals surface area (Å²) in [5, 5.41) is 0. The lowest BCUT2D eigenvalue weighted by molar-refractivity contribution is 0.268. The van der Waals surface area contributed by atoms with E-state index in [4.69, 9.17) is 19.9 Å². The zero-order valence-electron chi connectivity index (χ0n) is 17.3. The molecule has 0 fully saturated rings. The Balaban J connectivity index is 1.65. The maximum absolute atomic E-state index is 6.12. The number of hydrogen-bond donors (Lipinski definition) is 1. The van der Waals surface area contributed by atoms with Crippen molar-refractivity contribution in [1.29, 1.82) is 0 Å². The summed E-state index contributed by atoms with van der Waals surface area (Å²) in [6, 6.07) is 29.2. The lowest BCUT2D eigenvalue weighted by Crippen LogP contribution is -2.03. The fourth-order valence-electron chi connectivity index (χ4n) is 3.21. The fourth-order valence-corrected chi connectivity index (χ4v) is 3.21. The first-order valence-electron chi connectivity index (χ1n) is 10.0. The van der Waals surface area contributed by atoms with E-state index >= 15 is 0 Å². The van der Waals surface area contributed by atoms with E-state index in [1.807, 2.05) is 84.9 Å². The van der Waals surface area contributed by atoms with Gasteiger partial charge in [0.2, 0.25) is 11.8 Å². The summed E-state index contributed by atoms with van der Waals surface area (Å²) in [5.41, 5.74) is 10.4. The molecule has 0 amide bonds. The first kappa shape index (κ1) is 20.3. The molecule has 5 heteroatoms. The minimum absolute atomic E-state index is 0.383. The number of nitrogens with two attached hydrogens (primary N) is 1. The zero-order chi connectivity index (χ0) is 21.5. The first-order chi connectivity index (χ1) is 15.2. The van der Waals surface area contributed by atoms with Crippen LogP contribution in [0.25, 0.3) is 11.1 Å². The molecule has 1 aromatic heterocycles. The van der Waals surface area contributed by atoms with E-state index in [1.54, 1.807) is 13.2 Å². The summed E-state index contributed by atoms with van der Waals surface area (Å²) in [6.07, 6.45) is 0. The molecule has 0 aliphatic heterocycles. The third kappa shape index (κ3) is 5.14. The Bertz CT molecular complexity index is 1130. The minimum Gasteiger partial charge on any atom is -0.496 e. The number of benzene rings is 3. The van der Waals surface area contributed by atoms with E-state index in [2.05, 4.69) is 4.98 Å². The van der Waals surface area contributed by atoms with Crippen molar-refractivity contribution in [2.45, 2.75) is 13.2 Å². The van der Waals surface area contributed by atoms with Gasteiger partial charge in [-0.1, -0.05) is 60.7 Å². The average molecular weight is 412 g/mol. The van der Waals surface area contributed by atoms with Crippen molar-refractivity contribution in [3.8, 4) is 28.6 Å². The van der Waals surface area contributed by atoms with Crippen molar-refractivity contribution in [3.05, 3.63) is 102 Å². The van der Waals surface area contributed by atoms with Crippen molar-refractivity contribution in [1.82, 2.24) is 4.98 Å². The van der Waals surface area contributed by atoms with Crippen LogP contribution in [0.5, 0.6) is 17.5 Å². The molecular formula is C26H24N2O3. The predicted molar refractivity (Wildman–Crippen MR) is 122 cm³/mol. The van der Waals surface area contributed by atoms with Crippen LogP contribution in [-0.2, 0) is 13.2 Å². The average Bonchev–Trinajstić information content (AvgIpc) is 2.83.